The van der Waals surface area contributed by atoms with Crippen molar-refractivity contribution in [3.8, 4) is 0 Å². The van der Waals surface area contributed by atoms with Crippen LogP contribution in [0.3, 0.4) is 0 Å². The molecule has 96 valence electrons. The third-order valence-electron chi connectivity index (χ3n) is 5.25. The molecule has 1 heterocycles. The van der Waals surface area contributed by atoms with Crippen molar-refractivity contribution in [2.75, 3.05) is 0 Å². The normalized spacial score (nSPS) is 11.5. The van der Waals surface area contributed by atoms with Crippen LogP contribution in [0.4, 0.5) is 0 Å². The Hall–Kier alpha value is -0.825. The van der Waals surface area contributed by atoms with Gasteiger partial charge in [-0.3, -0.25) is 0 Å². The first-order chi connectivity index (χ1) is 9.77. The quantitative estimate of drug-likeness (QED) is 0.374. The first kappa shape index (κ1) is 15.1. The second kappa shape index (κ2) is 4.84. The number of fused-ring (bicyclic) bond motifs is 3. The Bertz CT molecular complexity index is 857. The number of rotatable bonds is 0. The first-order valence-corrected chi connectivity index (χ1v) is 8.14. The third kappa shape index (κ3) is 1.86. The molecule has 0 N–H and O–H groups in total. The molecule has 21 heavy (non-hydrogen) atoms. The van der Waals surface area contributed by atoms with Crippen molar-refractivity contribution in [1.29, 1.82) is 0 Å². The molecule has 0 saturated carbocycles. The maximum atomic E-state index is 6.32. The van der Waals surface area contributed by atoms with E-state index in [1.807, 2.05) is 0 Å². The maximum absolute atomic E-state index is 6.32. The van der Waals surface area contributed by atoms with Crippen LogP contribution in [0, 0.1) is 0 Å². The molecule has 0 atom stereocenters. The molecule has 0 amide bonds. The lowest BCUT2D eigenvalue weighted by atomic mass is 9.65. The van der Waals surface area contributed by atoms with E-state index in [1.54, 1.807) is 0 Å². The predicted octanol–water partition coefficient (Wildman–Crippen LogP) is -7.84. The summed E-state index contributed by atoms with van der Waals surface area (Å²) < 4.78 is 7.48. The molecule has 0 aliphatic heterocycles. The van der Waals surface area contributed by atoms with E-state index in [4.69, 9.17) is 4.42 Å². The van der Waals surface area contributed by atoms with Crippen LogP contribution >= 0.6 is 15.9 Å². The molecule has 0 radical (unpaired) electrons. The van der Waals surface area contributed by atoms with E-state index in [9.17, 15) is 0 Å². The van der Waals surface area contributed by atoms with Gasteiger partial charge in [-0.15, -0.1) is 5.46 Å². The standard InChI is InChI=1S/C12H14B7BrO/c13-3-1-2-4(14)7(17)10(20)9(19)12(2)21-11(1)8(18)6(16)5(3)15/h13-19H2. The van der Waals surface area contributed by atoms with Crippen LogP contribution in [-0.4, -0.2) is 54.9 Å². The average Bonchev–Trinajstić information content (AvgIpc) is 2.87. The molecule has 3 rings (SSSR count). The smallest absolute Gasteiger partial charge is 0.145 e. The van der Waals surface area contributed by atoms with E-state index in [0.717, 1.165) is 15.6 Å². The topological polar surface area (TPSA) is 13.1 Å². The van der Waals surface area contributed by atoms with Gasteiger partial charge in [0.15, 0.2) is 0 Å². The zero-order valence-corrected chi connectivity index (χ0v) is 15.4. The van der Waals surface area contributed by atoms with Crippen LogP contribution < -0.4 is 38.2 Å². The second-order valence-electron chi connectivity index (χ2n) is 6.20. The number of hydrogen-bond donors (Lipinski definition) is 0. The summed E-state index contributed by atoms with van der Waals surface area (Å²) in [6.45, 7) is 0. The molecular weight excluding hydrogens is 316 g/mol. The maximum Gasteiger partial charge on any atom is 0.145 e. The zero-order chi connectivity index (χ0) is 15.6. The van der Waals surface area contributed by atoms with Crippen molar-refractivity contribution in [3.63, 3.8) is 0 Å². The number of halogens is 1. The van der Waals surface area contributed by atoms with Gasteiger partial charge in [-0.05, 0) is 5.46 Å². The second-order valence-corrected chi connectivity index (χ2v) is 6.99. The summed E-state index contributed by atoms with van der Waals surface area (Å²) >= 11 is 3.71. The highest BCUT2D eigenvalue weighted by molar-refractivity contribution is 9.10. The van der Waals surface area contributed by atoms with E-state index in [1.165, 1.54) is 49.0 Å². The Kier molecular flexibility index (Phi) is 3.48. The summed E-state index contributed by atoms with van der Waals surface area (Å²) in [5, 5.41) is 2.58. The summed E-state index contributed by atoms with van der Waals surface area (Å²) in [6.07, 6.45) is 0. The molecule has 0 spiro atoms. The number of hydrogen-bond acceptors (Lipinski definition) is 1. The first-order valence-electron chi connectivity index (χ1n) is 7.35. The minimum absolute atomic E-state index is 1.02. The fourth-order valence-corrected chi connectivity index (χ4v) is 3.81. The molecule has 2 aromatic carbocycles. The van der Waals surface area contributed by atoms with Gasteiger partial charge in [0.1, 0.15) is 66.1 Å². The fourth-order valence-electron chi connectivity index (χ4n) is 3.33. The molecule has 0 aliphatic rings. The Morgan fingerprint density at radius 2 is 0.952 bits per heavy atom. The lowest BCUT2D eigenvalue weighted by molar-refractivity contribution is 0.674. The molecular formula is C12H14B7BrO. The van der Waals surface area contributed by atoms with Gasteiger partial charge in [0.2, 0.25) is 0 Å². The SMILES string of the molecule is Bc1c(B)c(B)c2c(oc3c(B)c(Br)c(B)c(B)c32)c1B. The van der Waals surface area contributed by atoms with E-state index in [0.29, 0.717) is 0 Å². The third-order valence-corrected chi connectivity index (χ3v) is 6.44. The van der Waals surface area contributed by atoms with Gasteiger partial charge in [0.25, 0.3) is 0 Å². The van der Waals surface area contributed by atoms with Gasteiger partial charge in [-0.25, -0.2) is 0 Å². The van der Waals surface area contributed by atoms with Crippen LogP contribution in [0.5, 0.6) is 0 Å². The minimum atomic E-state index is 1.02. The summed E-state index contributed by atoms with van der Waals surface area (Å²) in [5.74, 6) is 0. The van der Waals surface area contributed by atoms with E-state index in [2.05, 4.69) is 70.9 Å². The molecule has 1 nitrogen and oxygen atoms in total. The van der Waals surface area contributed by atoms with E-state index >= 15 is 0 Å². The Morgan fingerprint density at radius 3 is 1.52 bits per heavy atom. The summed E-state index contributed by atoms with van der Waals surface area (Å²) in [7, 11) is 15.3. The van der Waals surface area contributed by atoms with Crippen molar-refractivity contribution in [2.24, 2.45) is 0 Å². The molecule has 9 heteroatoms. The summed E-state index contributed by atoms with van der Waals surface area (Å²) in [6, 6.07) is 0. The van der Waals surface area contributed by atoms with Gasteiger partial charge >= 0.3 is 0 Å². The Labute approximate surface area is 140 Å². The van der Waals surface area contributed by atoms with Gasteiger partial charge < -0.3 is 4.42 Å². The van der Waals surface area contributed by atoms with Gasteiger partial charge in [-0.1, -0.05) is 43.2 Å². The van der Waals surface area contributed by atoms with Crippen LogP contribution in [0.2, 0.25) is 0 Å². The largest absolute Gasteiger partial charge is 0.457 e. The molecule has 0 fully saturated rings. The fraction of sp³-hybridized carbons (Fsp3) is 0. The van der Waals surface area contributed by atoms with Crippen molar-refractivity contribution >= 4 is 131 Å². The minimum Gasteiger partial charge on any atom is -0.457 e. The van der Waals surface area contributed by atoms with Crippen LogP contribution in [0.1, 0.15) is 0 Å². The molecule has 1 aromatic heterocycles. The summed E-state index contributed by atoms with van der Waals surface area (Å²) in [5.41, 5.74) is 11.2. The van der Waals surface area contributed by atoms with Crippen molar-refractivity contribution in [1.82, 2.24) is 0 Å². The van der Waals surface area contributed by atoms with Gasteiger partial charge in [-0.2, -0.15) is 0 Å². The van der Waals surface area contributed by atoms with Crippen molar-refractivity contribution < 1.29 is 4.42 Å². The highest BCUT2D eigenvalue weighted by Gasteiger charge is 2.20. The lowest BCUT2D eigenvalue weighted by Gasteiger charge is -2.12. The molecule has 0 bridgehead atoms. The number of benzene rings is 2. The molecule has 0 saturated heterocycles. The monoisotopic (exact) mass is 330 g/mol. The summed E-state index contributed by atoms with van der Waals surface area (Å²) in [4.78, 5) is 0. The Balaban J connectivity index is 2.73. The molecule has 0 unspecified atom stereocenters. The van der Waals surface area contributed by atoms with E-state index in [-0.39, 0.29) is 0 Å². The predicted molar refractivity (Wildman–Crippen MR) is 119 cm³/mol. The lowest BCUT2D eigenvalue weighted by Crippen LogP contribution is -2.47. The molecule has 0 aliphatic carbocycles. The highest BCUT2D eigenvalue weighted by atomic mass is 79.9. The van der Waals surface area contributed by atoms with Crippen LogP contribution in [0.25, 0.3) is 21.9 Å². The average molecular weight is 330 g/mol. The van der Waals surface area contributed by atoms with Gasteiger partial charge in [0.05, 0.1) is 0 Å². The number of furan rings is 1. The van der Waals surface area contributed by atoms with Crippen molar-refractivity contribution in [3.05, 3.63) is 4.47 Å². The highest BCUT2D eigenvalue weighted by Crippen LogP contribution is 2.23. The zero-order valence-electron chi connectivity index (χ0n) is 13.8. The van der Waals surface area contributed by atoms with Crippen LogP contribution in [-0.2, 0) is 0 Å². The molecule has 3 aromatic rings. The van der Waals surface area contributed by atoms with Crippen molar-refractivity contribution in [2.45, 2.75) is 0 Å². The Morgan fingerprint density at radius 1 is 0.524 bits per heavy atom. The van der Waals surface area contributed by atoms with Crippen LogP contribution in [0.15, 0.2) is 8.89 Å². The van der Waals surface area contributed by atoms with E-state index < -0.39 is 0 Å². The van der Waals surface area contributed by atoms with Gasteiger partial charge in [0, 0.05) is 15.2 Å².